The maximum atomic E-state index is 12.4. The zero-order valence-corrected chi connectivity index (χ0v) is 19.1. The summed E-state index contributed by atoms with van der Waals surface area (Å²) in [6.07, 6.45) is 1.05. The topological polar surface area (TPSA) is 79.5 Å². The average Bonchev–Trinajstić information content (AvgIpc) is 3.14. The Kier molecular flexibility index (Phi) is 7.54. The predicted octanol–water partition coefficient (Wildman–Crippen LogP) is 4.41. The summed E-state index contributed by atoms with van der Waals surface area (Å²) in [5.41, 5.74) is 0.121. The Morgan fingerprint density at radius 3 is 2.39 bits per heavy atom. The Balaban J connectivity index is 0.00000341. The van der Waals surface area contributed by atoms with Crippen LogP contribution < -0.4 is 5.32 Å². The van der Waals surface area contributed by atoms with Crippen molar-refractivity contribution >= 4 is 11.5 Å². The van der Waals surface area contributed by atoms with E-state index in [9.17, 15) is 13.2 Å². The van der Waals surface area contributed by atoms with E-state index < -0.39 is 17.3 Å². The molecule has 0 radical (unpaired) electrons. The number of hydrogen-bond acceptors (Lipinski definition) is 5. The van der Waals surface area contributed by atoms with E-state index in [2.05, 4.69) is 32.8 Å². The van der Waals surface area contributed by atoms with Crippen LogP contribution in [0.4, 0.5) is 19.0 Å². The van der Waals surface area contributed by atoms with Gasteiger partial charge in [-0.25, -0.2) is 0 Å². The van der Waals surface area contributed by atoms with Gasteiger partial charge < -0.3 is 15.4 Å². The summed E-state index contributed by atoms with van der Waals surface area (Å²) in [6, 6.07) is 12.5. The maximum absolute atomic E-state index is 12.4. The van der Waals surface area contributed by atoms with Crippen LogP contribution >= 0.6 is 0 Å². The molecule has 0 aliphatic rings. The fraction of sp³-hybridized carbons (Fsp3) is 0.238. The summed E-state index contributed by atoms with van der Waals surface area (Å²) in [5.74, 6) is 0.920. The van der Waals surface area contributed by atoms with Gasteiger partial charge in [-0.3, -0.25) is 15.1 Å². The van der Waals surface area contributed by atoms with Crippen molar-refractivity contribution in [2.24, 2.45) is 0 Å². The molecule has 2 N–H and O–H groups in total. The van der Waals surface area contributed by atoms with Gasteiger partial charge in [0, 0.05) is 28.3 Å². The molecule has 3 aromatic heterocycles. The molecule has 0 amide bonds. The largest absolute Gasteiger partial charge is 2.00 e. The van der Waals surface area contributed by atoms with E-state index in [0.29, 0.717) is 23.4 Å². The molecule has 3 rings (SSSR count). The van der Waals surface area contributed by atoms with Gasteiger partial charge >= 0.3 is 27.2 Å². The fourth-order valence-electron chi connectivity index (χ4n) is 2.62. The van der Waals surface area contributed by atoms with Crippen molar-refractivity contribution in [3.63, 3.8) is 0 Å². The number of pyridine rings is 2. The van der Waals surface area contributed by atoms with E-state index in [0.717, 1.165) is 11.4 Å². The molecule has 0 aliphatic heterocycles. The zero-order valence-electron chi connectivity index (χ0n) is 16.9. The van der Waals surface area contributed by atoms with Crippen molar-refractivity contribution in [2.75, 3.05) is 5.32 Å². The number of alkyl halides is 3. The minimum absolute atomic E-state index is 0. The number of hydrogen-bond donors (Lipinski definition) is 2. The third-order valence-corrected chi connectivity index (χ3v) is 4.36. The van der Waals surface area contributed by atoms with Crippen LogP contribution in [-0.4, -0.2) is 31.6 Å². The van der Waals surface area contributed by atoms with Gasteiger partial charge in [-0.15, -0.1) is 18.3 Å². The molecule has 31 heavy (non-hydrogen) atoms. The van der Waals surface area contributed by atoms with E-state index in [-0.39, 0.29) is 21.1 Å². The second kappa shape index (κ2) is 9.56. The second-order valence-electron chi connectivity index (χ2n) is 7.07. The van der Waals surface area contributed by atoms with Crippen molar-refractivity contribution in [1.82, 2.24) is 19.7 Å². The molecule has 3 aromatic rings. The van der Waals surface area contributed by atoms with Gasteiger partial charge in [0.15, 0.2) is 0 Å². The second-order valence-corrected chi connectivity index (χ2v) is 7.07. The summed E-state index contributed by atoms with van der Waals surface area (Å²) >= 11 is 0. The number of allylic oxidation sites excluding steroid dienone is 1. The summed E-state index contributed by atoms with van der Waals surface area (Å²) in [5, 5.41) is 13.8. The van der Waals surface area contributed by atoms with Gasteiger partial charge in [-0.05, 0) is 31.7 Å². The first kappa shape index (κ1) is 24.5. The van der Waals surface area contributed by atoms with Gasteiger partial charge in [0.05, 0.1) is 5.82 Å². The smallest absolute Gasteiger partial charge is 0.453 e. The molecule has 0 aromatic carbocycles. The van der Waals surface area contributed by atoms with E-state index in [1.807, 2.05) is 45.0 Å². The van der Waals surface area contributed by atoms with E-state index in [4.69, 9.17) is 5.41 Å². The van der Waals surface area contributed by atoms with Gasteiger partial charge in [-0.1, -0.05) is 37.4 Å². The zero-order chi connectivity index (χ0) is 21.9. The van der Waals surface area contributed by atoms with Crippen LogP contribution in [0.25, 0.3) is 5.82 Å². The normalized spacial score (nSPS) is 11.9. The first-order valence-corrected chi connectivity index (χ1v) is 8.97. The molecule has 0 aliphatic carbocycles. The number of rotatable bonds is 6. The number of nitrogens with zero attached hydrogens (tertiary/aromatic N) is 4. The van der Waals surface area contributed by atoms with Gasteiger partial charge in [0.25, 0.3) is 0 Å². The molecule has 0 bridgehead atoms. The molecule has 10 heteroatoms. The van der Waals surface area contributed by atoms with Gasteiger partial charge in [0.1, 0.15) is 0 Å². The Bertz CT molecular complexity index is 1090. The molecule has 6 nitrogen and oxygen atoms in total. The summed E-state index contributed by atoms with van der Waals surface area (Å²) in [6.45, 7) is 5.76. The molecule has 0 atom stereocenters. The summed E-state index contributed by atoms with van der Waals surface area (Å²) < 4.78 is 38.7. The third-order valence-electron chi connectivity index (χ3n) is 4.36. The fourth-order valence-corrected chi connectivity index (χ4v) is 2.62. The molecule has 164 valence electrons. The quantitative estimate of drug-likeness (QED) is 0.248. The Morgan fingerprint density at radius 2 is 1.77 bits per heavy atom. The first-order valence-electron chi connectivity index (χ1n) is 8.97. The predicted molar refractivity (Wildman–Crippen MR) is 107 cm³/mol. The maximum Gasteiger partial charge on any atom is 2.00 e. The minimum atomic E-state index is -4.72. The number of nitrogens with one attached hydrogen (secondary N) is 2. The Labute approximate surface area is 192 Å². The van der Waals surface area contributed by atoms with Gasteiger partial charge in [0.2, 0.25) is 0 Å². The molecular weight excluding hydrogens is 588 g/mol. The first-order chi connectivity index (χ1) is 14.1. The molecule has 0 saturated carbocycles. The van der Waals surface area contributed by atoms with Gasteiger partial charge in [-0.2, -0.15) is 13.2 Å². The van der Waals surface area contributed by atoms with Crippen LogP contribution in [0.3, 0.4) is 0 Å². The number of halogens is 3. The number of anilines is 1. The van der Waals surface area contributed by atoms with Crippen LogP contribution in [-0.2, 0) is 26.5 Å². The Morgan fingerprint density at radius 1 is 1.13 bits per heavy atom. The SMILES string of the molecule is Cc1c[c-]n(-c2cccc(C(C)(C)c3cccc(N[C-]=CC(=N)C(F)(F)F)n3)n2)n1.[Pt+2]. The molecule has 3 heterocycles. The standard InChI is InChI=1S/C21H19F3N6.Pt/c1-14-11-13-30(29-14)19-9-5-7-17(28-19)20(2,3)16-6-4-8-18(27-16)26-12-10-15(25)21(22,23)24;/h4-11,25H,1-3H3,(H,26,27);/q-2;+2. The number of aryl methyl sites for hydroxylation is 1. The van der Waals surface area contributed by atoms with Crippen molar-refractivity contribution in [2.45, 2.75) is 32.4 Å². The molecule has 0 spiro atoms. The average molecular weight is 607 g/mol. The van der Waals surface area contributed by atoms with Crippen LogP contribution in [0.1, 0.15) is 30.9 Å². The number of aromatic nitrogens is 4. The van der Waals surface area contributed by atoms with E-state index in [1.165, 1.54) is 0 Å². The van der Waals surface area contributed by atoms with Crippen LogP contribution in [0.15, 0.2) is 48.5 Å². The Hall–Kier alpha value is -2.80. The molecular formula is C21H19F3N6Pt. The van der Waals surface area contributed by atoms with E-state index >= 15 is 0 Å². The van der Waals surface area contributed by atoms with Crippen molar-refractivity contribution in [1.29, 1.82) is 5.41 Å². The molecule has 0 fully saturated rings. The van der Waals surface area contributed by atoms with Crippen molar-refractivity contribution < 1.29 is 34.2 Å². The van der Waals surface area contributed by atoms with Crippen LogP contribution in [0.5, 0.6) is 0 Å². The molecule has 0 unspecified atom stereocenters. The monoisotopic (exact) mass is 607 g/mol. The van der Waals surface area contributed by atoms with Crippen molar-refractivity contribution in [3.05, 3.63) is 78.0 Å². The van der Waals surface area contributed by atoms with Crippen LogP contribution in [0.2, 0.25) is 0 Å². The van der Waals surface area contributed by atoms with Crippen molar-refractivity contribution in [3.8, 4) is 5.82 Å². The summed E-state index contributed by atoms with van der Waals surface area (Å²) in [7, 11) is 0. The molecule has 0 saturated heterocycles. The summed E-state index contributed by atoms with van der Waals surface area (Å²) in [4.78, 5) is 9.15. The van der Waals surface area contributed by atoms with Crippen LogP contribution in [0, 0.1) is 24.7 Å². The minimum Gasteiger partial charge on any atom is -0.453 e. The van der Waals surface area contributed by atoms with E-state index in [1.54, 1.807) is 22.9 Å². The third kappa shape index (κ3) is 5.88.